The van der Waals surface area contributed by atoms with E-state index in [1.165, 1.54) is 11.3 Å². The number of nitrogens with one attached hydrogen (secondary N) is 2. The summed E-state index contributed by atoms with van der Waals surface area (Å²) in [6, 6.07) is 7.32. The minimum absolute atomic E-state index is 0. The van der Waals surface area contributed by atoms with Crippen molar-refractivity contribution in [3.63, 3.8) is 0 Å². The molecule has 0 amide bonds. The summed E-state index contributed by atoms with van der Waals surface area (Å²) in [6.07, 6.45) is 1.91. The number of nitrogens with zero attached hydrogens (tertiary/aromatic N) is 2. The molecule has 0 radical (unpaired) electrons. The molecule has 2 aromatic heterocycles. The first-order valence-corrected chi connectivity index (χ1v) is 9.21. The van der Waals surface area contributed by atoms with Crippen LogP contribution in [0.25, 0.3) is 0 Å². The SMILES string of the molecule is CCNC(=NCC(O)c1ccc(Cl)s1)NCCc1ccc(Cl)nc1.I. The molecule has 0 aliphatic rings. The number of pyridine rings is 1. The molecule has 0 aliphatic heterocycles. The van der Waals surface area contributed by atoms with Crippen LogP contribution >= 0.6 is 58.5 Å². The van der Waals surface area contributed by atoms with Crippen LogP contribution in [0.5, 0.6) is 0 Å². The molecular weight excluding hydrogens is 494 g/mol. The van der Waals surface area contributed by atoms with E-state index in [1.54, 1.807) is 18.3 Å². The highest BCUT2D eigenvalue weighted by molar-refractivity contribution is 14.0. The maximum atomic E-state index is 10.1. The van der Waals surface area contributed by atoms with E-state index in [0.29, 0.717) is 22.0 Å². The molecular formula is C16H21Cl2IN4OS. The number of halogens is 3. The number of hydrogen-bond acceptors (Lipinski definition) is 4. The molecule has 1 atom stereocenters. The highest BCUT2D eigenvalue weighted by atomic mass is 127. The number of aliphatic hydroxyl groups excluding tert-OH is 1. The van der Waals surface area contributed by atoms with Crippen LogP contribution in [0.15, 0.2) is 35.5 Å². The van der Waals surface area contributed by atoms with Crippen molar-refractivity contribution in [2.75, 3.05) is 19.6 Å². The molecule has 0 fully saturated rings. The molecule has 0 bridgehead atoms. The maximum absolute atomic E-state index is 10.1. The average Bonchev–Trinajstić information content (AvgIpc) is 3.01. The molecule has 1 unspecified atom stereocenters. The number of hydrogen-bond donors (Lipinski definition) is 3. The molecule has 2 rings (SSSR count). The van der Waals surface area contributed by atoms with Crippen LogP contribution in [0.1, 0.15) is 23.5 Å². The second-order valence-corrected chi connectivity index (χ2v) is 7.18. The van der Waals surface area contributed by atoms with Crippen LogP contribution in [0.2, 0.25) is 9.49 Å². The van der Waals surface area contributed by atoms with Crippen molar-refractivity contribution in [2.45, 2.75) is 19.4 Å². The van der Waals surface area contributed by atoms with Crippen molar-refractivity contribution in [3.8, 4) is 0 Å². The van der Waals surface area contributed by atoms with Crippen LogP contribution in [-0.4, -0.2) is 35.7 Å². The van der Waals surface area contributed by atoms with Gasteiger partial charge in [-0.3, -0.25) is 4.99 Å². The van der Waals surface area contributed by atoms with E-state index in [1.807, 2.05) is 19.1 Å². The highest BCUT2D eigenvalue weighted by Gasteiger charge is 2.10. The summed E-state index contributed by atoms with van der Waals surface area (Å²) in [7, 11) is 0. The summed E-state index contributed by atoms with van der Waals surface area (Å²) in [4.78, 5) is 9.28. The van der Waals surface area contributed by atoms with Gasteiger partial charge in [-0.1, -0.05) is 29.3 Å². The molecule has 25 heavy (non-hydrogen) atoms. The third-order valence-corrected chi connectivity index (χ3v) is 4.74. The van der Waals surface area contributed by atoms with Gasteiger partial charge in [0.05, 0.1) is 10.9 Å². The third kappa shape index (κ3) is 8.08. The molecule has 138 valence electrons. The summed E-state index contributed by atoms with van der Waals surface area (Å²) in [5, 5.41) is 17.0. The Bertz CT molecular complexity index is 666. The van der Waals surface area contributed by atoms with Gasteiger partial charge in [-0.15, -0.1) is 35.3 Å². The molecule has 0 spiro atoms. The largest absolute Gasteiger partial charge is 0.386 e. The lowest BCUT2D eigenvalue weighted by Crippen LogP contribution is -2.38. The highest BCUT2D eigenvalue weighted by Crippen LogP contribution is 2.26. The van der Waals surface area contributed by atoms with Crippen molar-refractivity contribution >= 4 is 64.5 Å². The summed E-state index contributed by atoms with van der Waals surface area (Å²) < 4.78 is 0.662. The number of aromatic nitrogens is 1. The fourth-order valence-electron chi connectivity index (χ4n) is 2.00. The molecule has 5 nitrogen and oxygen atoms in total. The van der Waals surface area contributed by atoms with E-state index in [-0.39, 0.29) is 30.5 Å². The molecule has 0 saturated heterocycles. The van der Waals surface area contributed by atoms with Crippen molar-refractivity contribution in [2.24, 2.45) is 4.99 Å². The van der Waals surface area contributed by atoms with E-state index < -0.39 is 6.10 Å². The lowest BCUT2D eigenvalue weighted by atomic mass is 10.2. The number of guanidine groups is 1. The Morgan fingerprint density at radius 1 is 1.28 bits per heavy atom. The topological polar surface area (TPSA) is 69.5 Å². The van der Waals surface area contributed by atoms with Gasteiger partial charge in [0, 0.05) is 24.2 Å². The first-order valence-electron chi connectivity index (χ1n) is 7.64. The zero-order chi connectivity index (χ0) is 17.4. The monoisotopic (exact) mass is 514 g/mol. The second kappa shape index (κ2) is 11.9. The second-order valence-electron chi connectivity index (χ2n) is 5.04. The van der Waals surface area contributed by atoms with Crippen molar-refractivity contribution in [1.29, 1.82) is 0 Å². The predicted octanol–water partition coefficient (Wildman–Crippen LogP) is 3.90. The van der Waals surface area contributed by atoms with E-state index >= 15 is 0 Å². The Balaban J connectivity index is 0.00000312. The van der Waals surface area contributed by atoms with Crippen LogP contribution in [0.4, 0.5) is 0 Å². The van der Waals surface area contributed by atoms with Crippen molar-refractivity contribution in [3.05, 3.63) is 50.4 Å². The predicted molar refractivity (Wildman–Crippen MR) is 117 cm³/mol. The average molecular weight is 515 g/mol. The summed E-state index contributed by atoms with van der Waals surface area (Å²) in [6.45, 7) is 3.72. The molecule has 2 aromatic rings. The summed E-state index contributed by atoms with van der Waals surface area (Å²) >= 11 is 13.0. The lowest BCUT2D eigenvalue weighted by molar-refractivity contribution is 0.191. The van der Waals surface area contributed by atoms with Gasteiger partial charge in [0.1, 0.15) is 11.3 Å². The van der Waals surface area contributed by atoms with Gasteiger partial charge >= 0.3 is 0 Å². The quantitative estimate of drug-likeness (QED) is 0.227. The Morgan fingerprint density at radius 2 is 2.08 bits per heavy atom. The van der Waals surface area contributed by atoms with Gasteiger partial charge in [0.25, 0.3) is 0 Å². The summed E-state index contributed by atoms with van der Waals surface area (Å²) in [5.41, 5.74) is 1.09. The first kappa shape index (κ1) is 22.4. The Hall–Kier alpha value is -0.610. The van der Waals surface area contributed by atoms with Crippen molar-refractivity contribution in [1.82, 2.24) is 15.6 Å². The van der Waals surface area contributed by atoms with E-state index in [9.17, 15) is 5.11 Å². The van der Waals surface area contributed by atoms with Gasteiger partial charge < -0.3 is 15.7 Å². The third-order valence-electron chi connectivity index (χ3n) is 3.18. The zero-order valence-electron chi connectivity index (χ0n) is 13.7. The number of thiophene rings is 1. The minimum Gasteiger partial charge on any atom is -0.386 e. The van der Waals surface area contributed by atoms with Gasteiger partial charge in [0.2, 0.25) is 0 Å². The molecule has 0 aliphatic carbocycles. The number of aliphatic imine (C=N–C) groups is 1. The normalized spacial score (nSPS) is 12.4. The number of aliphatic hydroxyl groups is 1. The van der Waals surface area contributed by atoms with Gasteiger partial charge in [-0.05, 0) is 37.1 Å². The Morgan fingerprint density at radius 3 is 2.68 bits per heavy atom. The van der Waals surface area contributed by atoms with Crippen molar-refractivity contribution < 1.29 is 5.11 Å². The lowest BCUT2D eigenvalue weighted by Gasteiger charge is -2.12. The fraction of sp³-hybridized carbons (Fsp3) is 0.375. The van der Waals surface area contributed by atoms with Crippen LogP contribution < -0.4 is 10.6 Å². The summed E-state index contributed by atoms with van der Waals surface area (Å²) in [5.74, 6) is 0.668. The minimum atomic E-state index is -0.654. The molecule has 2 heterocycles. The first-order chi connectivity index (χ1) is 11.6. The van der Waals surface area contributed by atoms with Gasteiger partial charge in [-0.2, -0.15) is 0 Å². The molecule has 0 aromatic carbocycles. The Kier molecular flexibility index (Phi) is 10.7. The van der Waals surface area contributed by atoms with E-state index in [4.69, 9.17) is 23.2 Å². The van der Waals surface area contributed by atoms with Gasteiger partial charge in [0.15, 0.2) is 5.96 Å². The smallest absolute Gasteiger partial charge is 0.191 e. The Labute approximate surface area is 178 Å². The molecule has 0 saturated carbocycles. The molecule has 9 heteroatoms. The van der Waals surface area contributed by atoms with E-state index in [0.717, 1.165) is 23.4 Å². The standard InChI is InChI=1S/C16H20Cl2N4OS.HI/c1-2-19-16(20-8-7-11-3-5-14(17)21-9-11)22-10-12(23)13-4-6-15(18)24-13;/h3-6,9,12,23H,2,7-8,10H2,1H3,(H2,19,20,22);1H. The van der Waals surface area contributed by atoms with Crippen LogP contribution in [-0.2, 0) is 6.42 Å². The number of rotatable bonds is 7. The fourth-order valence-corrected chi connectivity index (χ4v) is 3.15. The zero-order valence-corrected chi connectivity index (χ0v) is 18.4. The van der Waals surface area contributed by atoms with Crippen LogP contribution in [0.3, 0.4) is 0 Å². The maximum Gasteiger partial charge on any atom is 0.191 e. The molecule has 3 N–H and O–H groups in total. The van der Waals surface area contributed by atoms with Gasteiger partial charge in [-0.25, -0.2) is 4.98 Å². The van der Waals surface area contributed by atoms with E-state index in [2.05, 4.69) is 20.6 Å². The van der Waals surface area contributed by atoms with Crippen LogP contribution in [0, 0.1) is 0 Å².